The van der Waals surface area contributed by atoms with E-state index < -0.39 is 0 Å². The maximum atomic E-state index is 10.9. The van der Waals surface area contributed by atoms with Crippen LogP contribution < -0.4 is 0 Å². The Bertz CT molecular complexity index is 442. The lowest BCUT2D eigenvalue weighted by Crippen LogP contribution is -2.01. The number of aromatic nitrogens is 1. The van der Waals surface area contributed by atoms with Gasteiger partial charge in [-0.1, -0.05) is 0 Å². The summed E-state index contributed by atoms with van der Waals surface area (Å²) in [7, 11) is 1.38. The maximum Gasteiger partial charge on any atom is 0.305 e. The molecule has 0 atom stereocenters. The van der Waals surface area contributed by atoms with Crippen LogP contribution in [0, 0.1) is 0 Å². The normalized spacial score (nSPS) is 10.5. The van der Waals surface area contributed by atoms with Crippen molar-refractivity contribution < 1.29 is 13.9 Å². The molecule has 0 aromatic carbocycles. The highest BCUT2D eigenvalue weighted by atomic mass is 16.5. The minimum Gasteiger partial charge on any atom is -0.469 e. The first-order valence-electron chi connectivity index (χ1n) is 4.69. The standard InChI is InChI=1S/C11H11NO3/c1-14-11(13)3-2-9-6-8-4-5-12-7-10(8)15-9/h4-7H,2-3H2,1H3. The van der Waals surface area contributed by atoms with Crippen molar-refractivity contribution >= 4 is 16.9 Å². The van der Waals surface area contributed by atoms with Gasteiger partial charge in [0.05, 0.1) is 19.7 Å². The number of hydrogen-bond donors (Lipinski definition) is 0. The van der Waals surface area contributed by atoms with Gasteiger partial charge in [-0.3, -0.25) is 9.78 Å². The number of furan rings is 1. The molecule has 0 spiro atoms. The van der Waals surface area contributed by atoms with Gasteiger partial charge < -0.3 is 9.15 Å². The SMILES string of the molecule is COC(=O)CCc1cc2ccncc2o1. The molecular weight excluding hydrogens is 194 g/mol. The van der Waals surface area contributed by atoms with Crippen LogP contribution in [0.3, 0.4) is 0 Å². The molecule has 0 aliphatic rings. The number of fused-ring (bicyclic) bond motifs is 1. The van der Waals surface area contributed by atoms with Crippen molar-refractivity contribution in [3.8, 4) is 0 Å². The lowest BCUT2D eigenvalue weighted by Gasteiger charge is -1.95. The Morgan fingerprint density at radius 1 is 1.60 bits per heavy atom. The molecule has 0 fully saturated rings. The highest BCUT2D eigenvalue weighted by molar-refractivity contribution is 5.77. The van der Waals surface area contributed by atoms with Crippen LogP contribution >= 0.6 is 0 Å². The molecule has 78 valence electrons. The Kier molecular flexibility index (Phi) is 2.67. The number of aryl methyl sites for hydroxylation is 1. The van der Waals surface area contributed by atoms with Gasteiger partial charge in [-0.15, -0.1) is 0 Å². The molecule has 15 heavy (non-hydrogen) atoms. The van der Waals surface area contributed by atoms with E-state index in [1.165, 1.54) is 7.11 Å². The van der Waals surface area contributed by atoms with Crippen molar-refractivity contribution in [2.24, 2.45) is 0 Å². The molecule has 0 unspecified atom stereocenters. The second-order valence-electron chi connectivity index (χ2n) is 3.20. The molecule has 2 rings (SSSR count). The third-order valence-electron chi connectivity index (χ3n) is 2.18. The van der Waals surface area contributed by atoms with Gasteiger partial charge in [0.25, 0.3) is 0 Å². The van der Waals surface area contributed by atoms with Crippen molar-refractivity contribution in [1.29, 1.82) is 0 Å². The van der Waals surface area contributed by atoms with E-state index in [9.17, 15) is 4.79 Å². The fraction of sp³-hybridized carbons (Fsp3) is 0.273. The monoisotopic (exact) mass is 205 g/mol. The Morgan fingerprint density at radius 2 is 2.47 bits per heavy atom. The van der Waals surface area contributed by atoms with E-state index in [1.54, 1.807) is 12.4 Å². The van der Waals surface area contributed by atoms with Gasteiger partial charge in [0.2, 0.25) is 0 Å². The maximum absolute atomic E-state index is 10.9. The number of carbonyl (C=O) groups is 1. The first-order chi connectivity index (χ1) is 7.29. The van der Waals surface area contributed by atoms with Crippen LogP contribution in [0.25, 0.3) is 11.0 Å². The number of esters is 1. The molecule has 0 aliphatic heterocycles. The summed E-state index contributed by atoms with van der Waals surface area (Å²) >= 11 is 0. The lowest BCUT2D eigenvalue weighted by atomic mass is 10.2. The number of ether oxygens (including phenoxy) is 1. The second kappa shape index (κ2) is 4.13. The van der Waals surface area contributed by atoms with Crippen LogP contribution in [0.5, 0.6) is 0 Å². The number of nitrogens with zero attached hydrogens (tertiary/aromatic N) is 1. The first-order valence-corrected chi connectivity index (χ1v) is 4.69. The van der Waals surface area contributed by atoms with Crippen LogP contribution in [0.1, 0.15) is 12.2 Å². The zero-order valence-corrected chi connectivity index (χ0v) is 8.40. The molecule has 0 aliphatic carbocycles. The molecule has 2 aromatic rings. The smallest absolute Gasteiger partial charge is 0.305 e. The Hall–Kier alpha value is -1.84. The highest BCUT2D eigenvalue weighted by Gasteiger charge is 2.06. The van der Waals surface area contributed by atoms with E-state index in [4.69, 9.17) is 4.42 Å². The molecule has 0 amide bonds. The van der Waals surface area contributed by atoms with Crippen LogP contribution in [0.15, 0.2) is 28.9 Å². The average molecular weight is 205 g/mol. The summed E-state index contributed by atoms with van der Waals surface area (Å²) in [4.78, 5) is 14.9. The topological polar surface area (TPSA) is 52.3 Å². The van der Waals surface area contributed by atoms with E-state index in [0.29, 0.717) is 12.8 Å². The van der Waals surface area contributed by atoms with Gasteiger partial charge in [0.1, 0.15) is 5.76 Å². The molecule has 2 aromatic heterocycles. The van der Waals surface area contributed by atoms with E-state index in [0.717, 1.165) is 16.7 Å². The van der Waals surface area contributed by atoms with Crippen molar-refractivity contribution in [3.63, 3.8) is 0 Å². The molecule has 4 heteroatoms. The number of hydrogen-bond acceptors (Lipinski definition) is 4. The van der Waals surface area contributed by atoms with Crippen LogP contribution in [-0.4, -0.2) is 18.1 Å². The number of carbonyl (C=O) groups excluding carboxylic acids is 1. The molecule has 4 nitrogen and oxygen atoms in total. The molecule has 0 radical (unpaired) electrons. The van der Waals surface area contributed by atoms with Crippen molar-refractivity contribution in [2.45, 2.75) is 12.8 Å². The summed E-state index contributed by atoms with van der Waals surface area (Å²) < 4.78 is 10.0. The second-order valence-corrected chi connectivity index (χ2v) is 3.20. The van der Waals surface area contributed by atoms with Gasteiger partial charge in [0.15, 0.2) is 5.58 Å². The number of pyridine rings is 1. The van der Waals surface area contributed by atoms with E-state index in [2.05, 4.69) is 9.72 Å². The predicted octanol–water partition coefficient (Wildman–Crippen LogP) is 1.93. The van der Waals surface area contributed by atoms with E-state index in [1.807, 2.05) is 12.1 Å². The third kappa shape index (κ3) is 2.15. The van der Waals surface area contributed by atoms with Gasteiger partial charge in [0, 0.05) is 18.0 Å². The quantitative estimate of drug-likeness (QED) is 0.718. The molecule has 0 N–H and O–H groups in total. The zero-order chi connectivity index (χ0) is 10.7. The Morgan fingerprint density at radius 3 is 3.20 bits per heavy atom. The first kappa shape index (κ1) is 9.71. The summed E-state index contributed by atoms with van der Waals surface area (Å²) in [6, 6.07) is 3.79. The summed E-state index contributed by atoms with van der Waals surface area (Å²) in [5.74, 6) is 0.553. The summed E-state index contributed by atoms with van der Waals surface area (Å²) in [5, 5.41) is 1.00. The molecule has 0 saturated heterocycles. The summed E-state index contributed by atoms with van der Waals surface area (Å²) in [6.07, 6.45) is 4.27. The Labute approximate surface area is 86.9 Å². The third-order valence-corrected chi connectivity index (χ3v) is 2.18. The zero-order valence-electron chi connectivity index (χ0n) is 8.40. The number of rotatable bonds is 3. The predicted molar refractivity (Wildman–Crippen MR) is 54.3 cm³/mol. The highest BCUT2D eigenvalue weighted by Crippen LogP contribution is 2.18. The Balaban J connectivity index is 2.12. The van der Waals surface area contributed by atoms with E-state index >= 15 is 0 Å². The molecule has 0 bridgehead atoms. The van der Waals surface area contributed by atoms with Crippen LogP contribution in [0.4, 0.5) is 0 Å². The van der Waals surface area contributed by atoms with Crippen LogP contribution in [-0.2, 0) is 16.0 Å². The van der Waals surface area contributed by atoms with Gasteiger partial charge in [-0.2, -0.15) is 0 Å². The van der Waals surface area contributed by atoms with Crippen molar-refractivity contribution in [1.82, 2.24) is 4.98 Å². The minimum atomic E-state index is -0.228. The molecular formula is C11H11NO3. The van der Waals surface area contributed by atoms with Gasteiger partial charge in [-0.05, 0) is 12.1 Å². The number of methoxy groups -OCH3 is 1. The average Bonchev–Trinajstić information content (AvgIpc) is 2.68. The fourth-order valence-electron chi connectivity index (χ4n) is 1.39. The summed E-state index contributed by atoms with van der Waals surface area (Å²) in [6.45, 7) is 0. The largest absolute Gasteiger partial charge is 0.469 e. The molecule has 2 heterocycles. The van der Waals surface area contributed by atoms with Crippen molar-refractivity contribution in [3.05, 3.63) is 30.3 Å². The van der Waals surface area contributed by atoms with Gasteiger partial charge in [-0.25, -0.2) is 0 Å². The van der Waals surface area contributed by atoms with Gasteiger partial charge >= 0.3 is 5.97 Å². The lowest BCUT2D eigenvalue weighted by molar-refractivity contribution is -0.140. The van der Waals surface area contributed by atoms with Crippen LogP contribution in [0.2, 0.25) is 0 Å². The molecule has 0 saturated carbocycles. The summed E-state index contributed by atoms with van der Waals surface area (Å²) in [5.41, 5.74) is 0.748. The van der Waals surface area contributed by atoms with Crippen molar-refractivity contribution in [2.75, 3.05) is 7.11 Å². The minimum absolute atomic E-state index is 0.228. The fourth-order valence-corrected chi connectivity index (χ4v) is 1.39. The van der Waals surface area contributed by atoms with E-state index in [-0.39, 0.29) is 5.97 Å².